The third-order valence-electron chi connectivity index (χ3n) is 6.27. The molecule has 0 aliphatic rings. The van der Waals surface area contributed by atoms with E-state index in [2.05, 4.69) is 129 Å². The highest BCUT2D eigenvalue weighted by atomic mass is 28.3. The molecule has 0 saturated heterocycles. The van der Waals surface area contributed by atoms with Gasteiger partial charge in [-0.3, -0.25) is 0 Å². The van der Waals surface area contributed by atoms with Crippen LogP contribution in [-0.4, -0.2) is 25.9 Å². The molecule has 152 valence electrons. The van der Waals surface area contributed by atoms with Crippen molar-refractivity contribution >= 4 is 37.0 Å². The van der Waals surface area contributed by atoms with Crippen LogP contribution in [0.25, 0.3) is 5.69 Å². The molecule has 0 atom stereocenters. The van der Waals surface area contributed by atoms with Gasteiger partial charge in [-0.15, -0.1) is 0 Å². The summed E-state index contributed by atoms with van der Waals surface area (Å²) in [6, 6.07) is 32.7. The Balaban J connectivity index is 2.04. The SMILES string of the molecule is Cc1nn(-c2ccccc2)c([Si](C)(C)c2ccccc2)c1[Si](C)(C)c1ccccc1. The normalized spacial score (nSPS) is 12.2. The van der Waals surface area contributed by atoms with E-state index in [0.29, 0.717) is 0 Å². The molecule has 0 fully saturated rings. The minimum Gasteiger partial charge on any atom is -0.242 e. The Morgan fingerprint density at radius 2 is 1.03 bits per heavy atom. The average Bonchev–Trinajstić information content (AvgIpc) is 3.14. The maximum absolute atomic E-state index is 5.15. The first-order valence-corrected chi connectivity index (χ1v) is 16.6. The predicted molar refractivity (Wildman–Crippen MR) is 135 cm³/mol. The van der Waals surface area contributed by atoms with Crippen molar-refractivity contribution in [1.82, 2.24) is 9.78 Å². The van der Waals surface area contributed by atoms with Crippen molar-refractivity contribution in [3.63, 3.8) is 0 Å². The van der Waals surface area contributed by atoms with Crippen LogP contribution in [0.5, 0.6) is 0 Å². The van der Waals surface area contributed by atoms with Crippen molar-refractivity contribution in [3.8, 4) is 5.69 Å². The van der Waals surface area contributed by atoms with Crippen LogP contribution in [0.2, 0.25) is 26.2 Å². The van der Waals surface area contributed by atoms with Gasteiger partial charge in [-0.05, 0) is 24.2 Å². The summed E-state index contributed by atoms with van der Waals surface area (Å²) in [7, 11) is -3.96. The second kappa shape index (κ2) is 7.86. The molecule has 0 radical (unpaired) electrons. The smallest absolute Gasteiger partial charge is 0.135 e. The summed E-state index contributed by atoms with van der Waals surface area (Å²) in [6.45, 7) is 12.1. The van der Waals surface area contributed by atoms with Crippen LogP contribution in [0.4, 0.5) is 0 Å². The van der Waals surface area contributed by atoms with Crippen LogP contribution in [-0.2, 0) is 0 Å². The van der Waals surface area contributed by atoms with Gasteiger partial charge in [0.15, 0.2) is 0 Å². The molecule has 1 aromatic heterocycles. The molecule has 4 rings (SSSR count). The number of hydrogen-bond acceptors (Lipinski definition) is 1. The van der Waals surface area contributed by atoms with Gasteiger partial charge in [-0.25, -0.2) is 4.68 Å². The summed E-state index contributed by atoms with van der Waals surface area (Å²) in [5.74, 6) is 0. The summed E-state index contributed by atoms with van der Waals surface area (Å²) < 4.78 is 2.25. The topological polar surface area (TPSA) is 17.8 Å². The Morgan fingerprint density at radius 3 is 1.53 bits per heavy atom. The molecule has 0 N–H and O–H groups in total. The van der Waals surface area contributed by atoms with Crippen LogP contribution in [0.1, 0.15) is 5.69 Å². The van der Waals surface area contributed by atoms with E-state index in [-0.39, 0.29) is 0 Å². The highest BCUT2D eigenvalue weighted by Gasteiger charge is 2.41. The van der Waals surface area contributed by atoms with Crippen LogP contribution in [0, 0.1) is 6.92 Å². The number of nitrogens with zero attached hydrogens (tertiary/aromatic N) is 2. The van der Waals surface area contributed by atoms with Gasteiger partial charge in [0.05, 0.1) is 11.4 Å². The largest absolute Gasteiger partial charge is 0.242 e. The quantitative estimate of drug-likeness (QED) is 0.444. The number of rotatable bonds is 5. The second-order valence-corrected chi connectivity index (χ2v) is 17.7. The monoisotopic (exact) mass is 426 g/mol. The first-order valence-electron chi connectivity index (χ1n) is 10.6. The molecule has 0 aliphatic carbocycles. The summed E-state index contributed by atoms with van der Waals surface area (Å²) in [5, 5.41) is 11.0. The van der Waals surface area contributed by atoms with Crippen LogP contribution in [0.3, 0.4) is 0 Å². The molecular weight excluding hydrogens is 396 g/mol. The fourth-order valence-electron chi connectivity index (χ4n) is 4.60. The zero-order valence-electron chi connectivity index (χ0n) is 18.6. The lowest BCUT2D eigenvalue weighted by atomic mass is 10.3. The number of hydrogen-bond donors (Lipinski definition) is 0. The zero-order chi connectivity index (χ0) is 21.4. The van der Waals surface area contributed by atoms with Gasteiger partial charge >= 0.3 is 0 Å². The summed E-state index contributed by atoms with van der Waals surface area (Å²) >= 11 is 0. The molecule has 0 saturated carbocycles. The van der Waals surface area contributed by atoms with Crippen molar-refractivity contribution in [2.75, 3.05) is 0 Å². The van der Waals surface area contributed by atoms with Gasteiger partial charge in [0, 0.05) is 5.32 Å². The predicted octanol–water partition coefficient (Wildman–Crippen LogP) is 3.83. The van der Waals surface area contributed by atoms with E-state index in [9.17, 15) is 0 Å². The molecule has 0 aliphatic heterocycles. The molecular formula is C26H30N2Si2. The van der Waals surface area contributed by atoms with Gasteiger partial charge < -0.3 is 0 Å². The van der Waals surface area contributed by atoms with Crippen LogP contribution in [0.15, 0.2) is 91.0 Å². The number of para-hydroxylation sites is 1. The van der Waals surface area contributed by atoms with E-state index in [1.165, 1.54) is 26.6 Å². The third-order valence-corrected chi connectivity index (χ3v) is 13.6. The molecule has 4 heteroatoms. The Hall–Kier alpha value is -2.70. The number of aryl methyl sites for hydroxylation is 1. The van der Waals surface area contributed by atoms with E-state index >= 15 is 0 Å². The first-order chi connectivity index (χ1) is 14.3. The third kappa shape index (κ3) is 3.50. The summed E-state index contributed by atoms with van der Waals surface area (Å²) in [5.41, 5.74) is 2.32. The van der Waals surface area contributed by atoms with Crippen molar-refractivity contribution in [3.05, 3.63) is 96.7 Å². The van der Waals surface area contributed by atoms with Crippen LogP contribution >= 0.6 is 0 Å². The van der Waals surface area contributed by atoms with E-state index in [0.717, 1.165) is 5.69 Å². The van der Waals surface area contributed by atoms with Crippen molar-refractivity contribution < 1.29 is 0 Å². The van der Waals surface area contributed by atoms with Crippen molar-refractivity contribution in [1.29, 1.82) is 0 Å². The van der Waals surface area contributed by atoms with E-state index in [1.807, 2.05) is 0 Å². The number of aromatic nitrogens is 2. The molecule has 3 aromatic carbocycles. The fourth-order valence-corrected chi connectivity index (χ4v) is 12.3. The second-order valence-electron chi connectivity index (χ2n) is 9.04. The molecule has 0 spiro atoms. The molecule has 30 heavy (non-hydrogen) atoms. The molecule has 2 nitrogen and oxygen atoms in total. The van der Waals surface area contributed by atoms with Crippen LogP contribution < -0.4 is 20.9 Å². The van der Waals surface area contributed by atoms with Crippen molar-refractivity contribution in [2.24, 2.45) is 0 Å². The average molecular weight is 427 g/mol. The van der Waals surface area contributed by atoms with E-state index < -0.39 is 16.1 Å². The fraction of sp³-hybridized carbons (Fsp3) is 0.192. The zero-order valence-corrected chi connectivity index (χ0v) is 20.6. The Morgan fingerprint density at radius 1 is 0.600 bits per heavy atom. The summed E-state index contributed by atoms with van der Waals surface area (Å²) in [4.78, 5) is 0. The van der Waals surface area contributed by atoms with Gasteiger partial charge in [0.2, 0.25) is 0 Å². The molecule has 0 unspecified atom stereocenters. The number of benzene rings is 3. The van der Waals surface area contributed by atoms with Gasteiger partial charge in [-0.1, -0.05) is 115 Å². The molecule has 0 amide bonds. The maximum atomic E-state index is 5.15. The molecule has 1 heterocycles. The lowest BCUT2D eigenvalue weighted by Crippen LogP contribution is -2.68. The van der Waals surface area contributed by atoms with Gasteiger partial charge in [0.1, 0.15) is 16.1 Å². The summed E-state index contributed by atoms with van der Waals surface area (Å²) in [6.07, 6.45) is 0. The first kappa shape index (κ1) is 20.6. The highest BCUT2D eigenvalue weighted by Crippen LogP contribution is 2.15. The Kier molecular flexibility index (Phi) is 5.39. The van der Waals surface area contributed by atoms with E-state index in [4.69, 9.17) is 5.10 Å². The Bertz CT molecular complexity index is 1130. The lowest BCUT2D eigenvalue weighted by Gasteiger charge is -2.31. The minimum atomic E-state index is -2.01. The standard InChI is InChI=1S/C26H30N2Si2/c1-21-25(29(2,3)23-17-11-7-12-18-23)26(28(27-21)22-15-9-6-10-16-22)30(4,5)24-19-13-8-14-20-24/h6-20H,1-5H3. The van der Waals surface area contributed by atoms with Gasteiger partial charge in [-0.2, -0.15) is 5.10 Å². The maximum Gasteiger partial charge on any atom is 0.135 e. The van der Waals surface area contributed by atoms with Crippen molar-refractivity contribution in [2.45, 2.75) is 33.1 Å². The molecule has 4 aromatic rings. The lowest BCUT2D eigenvalue weighted by molar-refractivity contribution is 0.879. The minimum absolute atomic E-state index is 1.15. The van der Waals surface area contributed by atoms with Gasteiger partial charge in [0.25, 0.3) is 0 Å². The highest BCUT2D eigenvalue weighted by molar-refractivity contribution is 7.08. The molecule has 0 bridgehead atoms. The van der Waals surface area contributed by atoms with E-state index in [1.54, 1.807) is 0 Å². The Labute approximate surface area is 182 Å².